The SMILES string of the molecule is Cc1nnc(CSc2nccn2-c2cccc(C)c2C)o1. The second-order valence-electron chi connectivity index (χ2n) is 4.80. The van der Waals surface area contributed by atoms with Gasteiger partial charge in [0.1, 0.15) is 0 Å². The van der Waals surface area contributed by atoms with E-state index in [1.165, 1.54) is 11.1 Å². The molecule has 0 atom stereocenters. The van der Waals surface area contributed by atoms with Crippen LogP contribution in [-0.2, 0) is 5.75 Å². The zero-order valence-electron chi connectivity index (χ0n) is 12.2. The van der Waals surface area contributed by atoms with E-state index in [2.05, 4.69) is 51.8 Å². The molecule has 0 saturated carbocycles. The van der Waals surface area contributed by atoms with Crippen LogP contribution < -0.4 is 0 Å². The Morgan fingerprint density at radius 2 is 2.05 bits per heavy atom. The summed E-state index contributed by atoms with van der Waals surface area (Å²) in [6.45, 7) is 6.03. The number of thioether (sulfide) groups is 1. The van der Waals surface area contributed by atoms with Crippen LogP contribution >= 0.6 is 11.8 Å². The van der Waals surface area contributed by atoms with Gasteiger partial charge in [-0.15, -0.1) is 10.2 Å². The molecule has 0 aliphatic heterocycles. The molecule has 0 amide bonds. The van der Waals surface area contributed by atoms with Crippen LogP contribution in [0.5, 0.6) is 0 Å². The molecule has 0 saturated heterocycles. The smallest absolute Gasteiger partial charge is 0.226 e. The highest BCUT2D eigenvalue weighted by atomic mass is 32.2. The molecule has 21 heavy (non-hydrogen) atoms. The Balaban J connectivity index is 1.85. The van der Waals surface area contributed by atoms with E-state index in [4.69, 9.17) is 4.42 Å². The third-order valence-electron chi connectivity index (χ3n) is 3.33. The van der Waals surface area contributed by atoms with E-state index >= 15 is 0 Å². The molecule has 0 N–H and O–H groups in total. The predicted octanol–water partition coefficient (Wildman–Crippen LogP) is 3.47. The van der Waals surface area contributed by atoms with Gasteiger partial charge >= 0.3 is 0 Å². The molecular formula is C15H16N4OS. The first-order valence-electron chi connectivity index (χ1n) is 6.67. The van der Waals surface area contributed by atoms with Crippen LogP contribution in [0.15, 0.2) is 40.2 Å². The Morgan fingerprint density at radius 3 is 2.81 bits per heavy atom. The van der Waals surface area contributed by atoms with Gasteiger partial charge in [-0.1, -0.05) is 23.9 Å². The van der Waals surface area contributed by atoms with Gasteiger partial charge < -0.3 is 4.42 Å². The first kappa shape index (κ1) is 13.9. The molecular weight excluding hydrogens is 284 g/mol. The summed E-state index contributed by atoms with van der Waals surface area (Å²) in [6.07, 6.45) is 3.78. The van der Waals surface area contributed by atoms with Gasteiger partial charge in [-0.25, -0.2) is 4.98 Å². The molecule has 3 rings (SSSR count). The minimum atomic E-state index is 0.587. The summed E-state index contributed by atoms with van der Waals surface area (Å²) >= 11 is 1.59. The fourth-order valence-corrected chi connectivity index (χ4v) is 2.90. The Hall–Kier alpha value is -2.08. The van der Waals surface area contributed by atoms with Crippen LogP contribution in [0.25, 0.3) is 5.69 Å². The van der Waals surface area contributed by atoms with Gasteiger partial charge in [-0.05, 0) is 31.0 Å². The molecule has 0 radical (unpaired) electrons. The topological polar surface area (TPSA) is 56.7 Å². The van der Waals surface area contributed by atoms with Crippen LogP contribution in [-0.4, -0.2) is 19.7 Å². The molecule has 0 aliphatic rings. The van der Waals surface area contributed by atoms with E-state index in [1.807, 2.05) is 12.4 Å². The lowest BCUT2D eigenvalue weighted by molar-refractivity contribution is 0.485. The average molecular weight is 300 g/mol. The molecule has 0 fully saturated rings. The summed E-state index contributed by atoms with van der Waals surface area (Å²) < 4.78 is 7.48. The van der Waals surface area contributed by atoms with Crippen molar-refractivity contribution in [2.75, 3.05) is 0 Å². The zero-order valence-corrected chi connectivity index (χ0v) is 13.0. The zero-order chi connectivity index (χ0) is 14.8. The van der Waals surface area contributed by atoms with Crippen molar-refractivity contribution in [2.45, 2.75) is 31.7 Å². The molecule has 6 heteroatoms. The third kappa shape index (κ3) is 2.85. The fourth-order valence-electron chi connectivity index (χ4n) is 2.10. The average Bonchev–Trinajstić information content (AvgIpc) is 3.08. The molecule has 2 heterocycles. The van der Waals surface area contributed by atoms with Crippen LogP contribution in [0.3, 0.4) is 0 Å². The van der Waals surface area contributed by atoms with Gasteiger partial charge in [0.25, 0.3) is 0 Å². The Bertz CT molecular complexity index is 763. The normalized spacial score (nSPS) is 11.0. The van der Waals surface area contributed by atoms with E-state index in [0.717, 1.165) is 10.8 Å². The van der Waals surface area contributed by atoms with E-state index in [-0.39, 0.29) is 0 Å². The maximum absolute atomic E-state index is 5.39. The Labute approximate surface area is 127 Å². The van der Waals surface area contributed by atoms with E-state index in [0.29, 0.717) is 17.5 Å². The summed E-state index contributed by atoms with van der Waals surface area (Å²) in [6, 6.07) is 6.28. The second kappa shape index (κ2) is 5.73. The number of aromatic nitrogens is 4. The lowest BCUT2D eigenvalue weighted by Gasteiger charge is -2.11. The first-order chi connectivity index (χ1) is 10.1. The molecule has 1 aromatic carbocycles. The lowest BCUT2D eigenvalue weighted by Crippen LogP contribution is -1.99. The molecule has 0 aliphatic carbocycles. The highest BCUT2D eigenvalue weighted by molar-refractivity contribution is 7.98. The molecule has 0 bridgehead atoms. The van der Waals surface area contributed by atoms with Crippen molar-refractivity contribution in [3.05, 3.63) is 53.5 Å². The maximum atomic E-state index is 5.39. The molecule has 0 unspecified atom stereocenters. The Morgan fingerprint density at radius 1 is 1.19 bits per heavy atom. The van der Waals surface area contributed by atoms with E-state index in [9.17, 15) is 0 Å². The van der Waals surface area contributed by atoms with Crippen molar-refractivity contribution in [2.24, 2.45) is 0 Å². The van der Waals surface area contributed by atoms with Gasteiger partial charge in [0.05, 0.1) is 11.4 Å². The largest absolute Gasteiger partial charge is 0.425 e. The highest BCUT2D eigenvalue weighted by Crippen LogP contribution is 2.26. The summed E-state index contributed by atoms with van der Waals surface area (Å²) in [7, 11) is 0. The number of aryl methyl sites for hydroxylation is 2. The molecule has 5 nitrogen and oxygen atoms in total. The monoisotopic (exact) mass is 300 g/mol. The van der Waals surface area contributed by atoms with Gasteiger partial charge in [-0.3, -0.25) is 4.57 Å². The summed E-state index contributed by atoms with van der Waals surface area (Å²) in [4.78, 5) is 4.42. The van der Waals surface area contributed by atoms with Crippen molar-refractivity contribution < 1.29 is 4.42 Å². The van der Waals surface area contributed by atoms with Gasteiger partial charge in [0, 0.05) is 19.3 Å². The third-order valence-corrected chi connectivity index (χ3v) is 4.29. The molecule has 3 aromatic rings. The summed E-state index contributed by atoms with van der Waals surface area (Å²) in [5, 5.41) is 8.76. The number of imidazole rings is 1. The number of benzene rings is 1. The summed E-state index contributed by atoms with van der Waals surface area (Å²) in [5.74, 6) is 1.82. The van der Waals surface area contributed by atoms with Crippen LogP contribution in [0.1, 0.15) is 22.9 Å². The van der Waals surface area contributed by atoms with Crippen LogP contribution in [0, 0.1) is 20.8 Å². The number of hydrogen-bond acceptors (Lipinski definition) is 5. The van der Waals surface area contributed by atoms with Crippen molar-refractivity contribution in [1.29, 1.82) is 0 Å². The highest BCUT2D eigenvalue weighted by Gasteiger charge is 2.11. The standard InChI is InChI=1S/C15H16N4OS/c1-10-5-4-6-13(11(10)2)19-8-7-16-15(19)21-9-14-18-17-12(3)20-14/h4-8H,9H2,1-3H3. The van der Waals surface area contributed by atoms with Crippen molar-refractivity contribution in [3.8, 4) is 5.69 Å². The van der Waals surface area contributed by atoms with Gasteiger partial charge in [-0.2, -0.15) is 0 Å². The van der Waals surface area contributed by atoms with Crippen molar-refractivity contribution in [3.63, 3.8) is 0 Å². The summed E-state index contributed by atoms with van der Waals surface area (Å²) in [5.41, 5.74) is 3.67. The van der Waals surface area contributed by atoms with Crippen LogP contribution in [0.2, 0.25) is 0 Å². The minimum absolute atomic E-state index is 0.587. The fraction of sp³-hybridized carbons (Fsp3) is 0.267. The number of rotatable bonds is 4. The first-order valence-corrected chi connectivity index (χ1v) is 7.65. The van der Waals surface area contributed by atoms with E-state index < -0.39 is 0 Å². The van der Waals surface area contributed by atoms with Gasteiger partial charge in [0.15, 0.2) is 5.16 Å². The molecule has 108 valence electrons. The quantitative estimate of drug-likeness (QED) is 0.690. The number of nitrogens with zero attached hydrogens (tertiary/aromatic N) is 4. The van der Waals surface area contributed by atoms with Crippen molar-refractivity contribution >= 4 is 11.8 Å². The second-order valence-corrected chi connectivity index (χ2v) is 5.74. The molecule has 2 aromatic heterocycles. The van der Waals surface area contributed by atoms with Crippen LogP contribution in [0.4, 0.5) is 0 Å². The minimum Gasteiger partial charge on any atom is -0.425 e. The van der Waals surface area contributed by atoms with Gasteiger partial charge in [0.2, 0.25) is 11.8 Å². The lowest BCUT2D eigenvalue weighted by atomic mass is 10.1. The van der Waals surface area contributed by atoms with Crippen molar-refractivity contribution in [1.82, 2.24) is 19.7 Å². The Kier molecular flexibility index (Phi) is 3.79. The van der Waals surface area contributed by atoms with E-state index in [1.54, 1.807) is 18.7 Å². The predicted molar refractivity (Wildman–Crippen MR) is 81.6 cm³/mol. The molecule has 0 spiro atoms. The maximum Gasteiger partial charge on any atom is 0.226 e. The number of hydrogen-bond donors (Lipinski definition) is 0.